The minimum atomic E-state index is -0.393. The van der Waals surface area contributed by atoms with Gasteiger partial charge in [-0.25, -0.2) is 0 Å². The van der Waals surface area contributed by atoms with E-state index in [0.717, 1.165) is 25.5 Å². The lowest BCUT2D eigenvalue weighted by molar-refractivity contribution is -0.112. The molecule has 0 spiro atoms. The number of anilines is 1. The van der Waals surface area contributed by atoms with Crippen molar-refractivity contribution in [2.24, 2.45) is 0 Å². The van der Waals surface area contributed by atoms with Crippen LogP contribution in [-0.4, -0.2) is 5.91 Å². The summed E-state index contributed by atoms with van der Waals surface area (Å²) in [4.78, 5) is 13.1. The topological polar surface area (TPSA) is 52.9 Å². The van der Waals surface area contributed by atoms with Crippen molar-refractivity contribution in [1.29, 1.82) is 5.26 Å². The van der Waals surface area contributed by atoms with Gasteiger partial charge in [0.25, 0.3) is 5.91 Å². The molecule has 1 N–H and O–H groups in total. The lowest BCUT2D eigenvalue weighted by Gasteiger charge is -2.08. The van der Waals surface area contributed by atoms with Gasteiger partial charge in [-0.2, -0.15) is 5.26 Å². The third kappa shape index (κ3) is 4.03. The highest BCUT2D eigenvalue weighted by Gasteiger charge is 2.11. The van der Waals surface area contributed by atoms with E-state index < -0.39 is 5.91 Å². The molecule has 0 aliphatic rings. The number of nitrogens with one attached hydrogen (secondary N) is 1. The van der Waals surface area contributed by atoms with E-state index in [1.54, 1.807) is 6.08 Å². The van der Waals surface area contributed by atoms with E-state index in [9.17, 15) is 10.1 Å². The summed E-state index contributed by atoms with van der Waals surface area (Å²) in [5.41, 5.74) is 2.84. The minimum Gasteiger partial charge on any atom is -0.321 e. The van der Waals surface area contributed by atoms with Crippen LogP contribution in [0.25, 0.3) is 6.08 Å². The maximum absolute atomic E-state index is 12.2. The number of thiophene rings is 1. The van der Waals surface area contributed by atoms with E-state index in [1.807, 2.05) is 50.2 Å². The lowest BCUT2D eigenvalue weighted by Crippen LogP contribution is -2.14. The second-order valence-corrected chi connectivity index (χ2v) is 7.08. The Balaban J connectivity index is 2.23. The highest BCUT2D eigenvalue weighted by Crippen LogP contribution is 2.24. The average Bonchev–Trinajstić information content (AvgIpc) is 2.85. The first-order valence-corrected chi connectivity index (χ1v) is 7.86. The van der Waals surface area contributed by atoms with Crippen LogP contribution in [0.2, 0.25) is 0 Å². The van der Waals surface area contributed by atoms with E-state index in [4.69, 9.17) is 0 Å². The van der Waals surface area contributed by atoms with Gasteiger partial charge >= 0.3 is 0 Å². The summed E-state index contributed by atoms with van der Waals surface area (Å²) in [5, 5.41) is 12.0. The number of carbonyl (C=O) groups excluding carboxylic acids is 1. The van der Waals surface area contributed by atoms with Gasteiger partial charge in [-0.3, -0.25) is 4.79 Å². The van der Waals surface area contributed by atoms with Crippen molar-refractivity contribution in [3.8, 4) is 6.07 Å². The molecule has 2 rings (SSSR count). The summed E-state index contributed by atoms with van der Waals surface area (Å²) in [5.74, 6) is -0.393. The fraction of sp³-hybridized carbons (Fsp3) is 0.125. The van der Waals surface area contributed by atoms with E-state index in [1.165, 1.54) is 11.3 Å². The number of hydrogen-bond acceptors (Lipinski definition) is 3. The second kappa shape index (κ2) is 6.70. The molecule has 0 saturated heterocycles. The molecule has 0 saturated carbocycles. The summed E-state index contributed by atoms with van der Waals surface area (Å²) in [6.45, 7) is 3.88. The minimum absolute atomic E-state index is 0.0882. The van der Waals surface area contributed by atoms with E-state index in [-0.39, 0.29) is 5.57 Å². The van der Waals surface area contributed by atoms with Gasteiger partial charge in [-0.05, 0) is 65.2 Å². The van der Waals surface area contributed by atoms with Crippen LogP contribution in [0.15, 0.2) is 39.7 Å². The van der Waals surface area contributed by atoms with Crippen molar-refractivity contribution in [2.75, 3.05) is 5.32 Å². The van der Waals surface area contributed by atoms with Crippen molar-refractivity contribution in [3.63, 3.8) is 0 Å². The molecule has 0 aliphatic heterocycles. The molecule has 2 aromatic rings. The zero-order valence-corrected chi connectivity index (χ0v) is 14.0. The number of benzene rings is 1. The maximum atomic E-state index is 12.2. The molecule has 21 heavy (non-hydrogen) atoms. The van der Waals surface area contributed by atoms with Crippen LogP contribution in [0.3, 0.4) is 0 Å². The van der Waals surface area contributed by atoms with E-state index in [0.29, 0.717) is 0 Å². The second-order valence-electron chi connectivity index (χ2n) is 4.58. The Morgan fingerprint density at radius 1 is 1.33 bits per heavy atom. The predicted octanol–water partition coefficient (Wildman–Crippen LogP) is 4.67. The molecule has 1 aromatic carbocycles. The summed E-state index contributed by atoms with van der Waals surface area (Å²) >= 11 is 4.83. The van der Waals surface area contributed by atoms with Crippen molar-refractivity contribution in [3.05, 3.63) is 55.7 Å². The molecular weight excluding hydrogens is 348 g/mol. The largest absolute Gasteiger partial charge is 0.321 e. The Bertz CT molecular complexity index is 756. The first-order chi connectivity index (χ1) is 9.99. The standard InChI is InChI=1S/C16H13BrN2OS/c1-10-3-4-11(2)14(7-10)19-16(20)12(9-18)8-13-5-6-15(17)21-13/h3-8H,1-2H3,(H,19,20)/b12-8+. The molecule has 0 fully saturated rings. The Kier molecular flexibility index (Phi) is 4.94. The highest BCUT2D eigenvalue weighted by atomic mass is 79.9. The number of hydrogen-bond donors (Lipinski definition) is 1. The number of nitrogens with zero attached hydrogens (tertiary/aromatic N) is 1. The summed E-state index contributed by atoms with van der Waals surface area (Å²) in [7, 11) is 0. The van der Waals surface area contributed by atoms with Crippen LogP contribution < -0.4 is 5.32 Å². The molecule has 0 atom stereocenters. The molecule has 0 radical (unpaired) electrons. The number of nitriles is 1. The fourth-order valence-corrected chi connectivity index (χ4v) is 3.12. The Labute approximate surface area is 136 Å². The van der Waals surface area contributed by atoms with Crippen LogP contribution in [0, 0.1) is 25.2 Å². The highest BCUT2D eigenvalue weighted by molar-refractivity contribution is 9.11. The third-order valence-electron chi connectivity index (χ3n) is 2.89. The van der Waals surface area contributed by atoms with Crippen LogP contribution in [-0.2, 0) is 4.79 Å². The molecule has 3 nitrogen and oxygen atoms in total. The quantitative estimate of drug-likeness (QED) is 0.638. The van der Waals surface area contributed by atoms with Gasteiger partial charge in [0.15, 0.2) is 0 Å². The lowest BCUT2D eigenvalue weighted by atomic mass is 10.1. The predicted molar refractivity (Wildman–Crippen MR) is 90.2 cm³/mol. The number of carbonyl (C=O) groups is 1. The number of amides is 1. The summed E-state index contributed by atoms with van der Waals surface area (Å²) in [6, 6.07) is 11.5. The SMILES string of the molecule is Cc1ccc(C)c(NC(=O)/C(C#N)=C/c2ccc(Br)s2)c1. The van der Waals surface area contributed by atoms with Gasteiger partial charge in [0, 0.05) is 10.6 Å². The Morgan fingerprint density at radius 2 is 2.10 bits per heavy atom. The fourth-order valence-electron chi connectivity index (χ4n) is 1.76. The van der Waals surface area contributed by atoms with Crippen molar-refractivity contribution in [2.45, 2.75) is 13.8 Å². The van der Waals surface area contributed by atoms with E-state index in [2.05, 4.69) is 21.2 Å². The monoisotopic (exact) mass is 360 g/mol. The van der Waals surface area contributed by atoms with Gasteiger partial charge in [-0.15, -0.1) is 11.3 Å². The zero-order chi connectivity index (χ0) is 15.4. The van der Waals surface area contributed by atoms with Crippen molar-refractivity contribution < 1.29 is 4.79 Å². The molecule has 0 unspecified atom stereocenters. The molecule has 1 amide bonds. The molecule has 106 valence electrons. The average molecular weight is 361 g/mol. The molecule has 0 aliphatic carbocycles. The van der Waals surface area contributed by atoms with Crippen molar-refractivity contribution >= 4 is 44.9 Å². The Morgan fingerprint density at radius 3 is 2.71 bits per heavy atom. The van der Waals surface area contributed by atoms with Crippen molar-refractivity contribution in [1.82, 2.24) is 0 Å². The normalized spacial score (nSPS) is 11.0. The van der Waals surface area contributed by atoms with Gasteiger partial charge in [-0.1, -0.05) is 12.1 Å². The van der Waals surface area contributed by atoms with Crippen LogP contribution in [0.1, 0.15) is 16.0 Å². The van der Waals surface area contributed by atoms with Crippen LogP contribution >= 0.6 is 27.3 Å². The molecule has 1 aromatic heterocycles. The molecule has 5 heteroatoms. The van der Waals surface area contributed by atoms with Crippen LogP contribution in [0.4, 0.5) is 5.69 Å². The Hall–Kier alpha value is -1.90. The van der Waals surface area contributed by atoms with Gasteiger partial charge < -0.3 is 5.32 Å². The van der Waals surface area contributed by atoms with Gasteiger partial charge in [0.05, 0.1) is 3.79 Å². The van der Waals surface area contributed by atoms with Gasteiger partial charge in [0.2, 0.25) is 0 Å². The first-order valence-electron chi connectivity index (χ1n) is 6.25. The number of aryl methyl sites for hydroxylation is 2. The molecule has 1 heterocycles. The maximum Gasteiger partial charge on any atom is 0.266 e. The summed E-state index contributed by atoms with van der Waals surface area (Å²) in [6.07, 6.45) is 1.59. The van der Waals surface area contributed by atoms with Crippen LogP contribution in [0.5, 0.6) is 0 Å². The van der Waals surface area contributed by atoms with E-state index >= 15 is 0 Å². The smallest absolute Gasteiger partial charge is 0.266 e. The number of halogens is 1. The van der Waals surface area contributed by atoms with Gasteiger partial charge in [0.1, 0.15) is 11.6 Å². The summed E-state index contributed by atoms with van der Waals surface area (Å²) < 4.78 is 0.959. The molecular formula is C16H13BrN2OS. The third-order valence-corrected chi connectivity index (χ3v) is 4.46. The molecule has 0 bridgehead atoms. The zero-order valence-electron chi connectivity index (χ0n) is 11.6. The first kappa shape index (κ1) is 15.5. The number of rotatable bonds is 3.